The van der Waals surface area contributed by atoms with Crippen molar-refractivity contribution in [1.29, 1.82) is 0 Å². The minimum absolute atomic E-state index is 0.396. The van der Waals surface area contributed by atoms with E-state index in [1.165, 1.54) is 34.6 Å². The second-order valence-electron chi connectivity index (χ2n) is 4.88. The molecule has 0 saturated carbocycles. The third kappa shape index (κ3) is 2.71. The molecule has 18 heavy (non-hydrogen) atoms. The van der Waals surface area contributed by atoms with Crippen LogP contribution < -0.4 is 5.32 Å². The van der Waals surface area contributed by atoms with Gasteiger partial charge in [0, 0.05) is 24.0 Å². The first-order chi connectivity index (χ1) is 8.83. The van der Waals surface area contributed by atoms with Crippen LogP contribution in [0.2, 0.25) is 0 Å². The maximum absolute atomic E-state index is 4.52. The summed E-state index contributed by atoms with van der Waals surface area (Å²) in [5, 5.41) is 5.84. The second-order valence-corrected chi connectivity index (χ2v) is 6.97. The van der Waals surface area contributed by atoms with E-state index in [-0.39, 0.29) is 0 Å². The minimum Gasteiger partial charge on any atom is -0.307 e. The van der Waals surface area contributed by atoms with E-state index in [0.29, 0.717) is 12.1 Å². The molecule has 1 aliphatic heterocycles. The van der Waals surface area contributed by atoms with Gasteiger partial charge in [0.2, 0.25) is 0 Å². The maximum Gasteiger partial charge on any atom is 0.0809 e. The summed E-state index contributed by atoms with van der Waals surface area (Å²) in [5.74, 6) is 2.58. The predicted molar refractivity (Wildman–Crippen MR) is 81.5 cm³/mol. The number of nitrogens with one attached hydrogen (secondary N) is 1. The van der Waals surface area contributed by atoms with Gasteiger partial charge in [-0.05, 0) is 48.6 Å². The lowest BCUT2D eigenvalue weighted by atomic mass is 10.1. The molecule has 1 fully saturated rings. The highest BCUT2D eigenvalue weighted by Crippen LogP contribution is 2.24. The highest BCUT2D eigenvalue weighted by molar-refractivity contribution is 7.99. The molecular weight excluding hydrogens is 260 g/mol. The van der Waals surface area contributed by atoms with Gasteiger partial charge in [0.05, 0.1) is 10.2 Å². The molecule has 2 aromatic rings. The van der Waals surface area contributed by atoms with Crippen molar-refractivity contribution in [3.8, 4) is 0 Å². The van der Waals surface area contributed by atoms with Gasteiger partial charge in [0.25, 0.3) is 0 Å². The summed E-state index contributed by atoms with van der Waals surface area (Å²) in [6, 6.07) is 5.42. The van der Waals surface area contributed by atoms with E-state index in [4.69, 9.17) is 0 Å². The summed E-state index contributed by atoms with van der Waals surface area (Å²) in [7, 11) is 0. The Hall–Kier alpha value is -0.580. The van der Waals surface area contributed by atoms with Crippen LogP contribution in [0.3, 0.4) is 0 Å². The van der Waals surface area contributed by atoms with Crippen LogP contribution >= 0.6 is 23.1 Å². The Morgan fingerprint density at radius 2 is 2.44 bits per heavy atom. The van der Waals surface area contributed by atoms with Crippen molar-refractivity contribution in [2.45, 2.75) is 31.8 Å². The number of aromatic nitrogens is 1. The molecule has 0 aromatic carbocycles. The molecule has 4 heteroatoms. The second kappa shape index (κ2) is 5.59. The number of rotatable bonds is 3. The summed E-state index contributed by atoms with van der Waals surface area (Å²) in [6.45, 7) is 2.25. The predicted octanol–water partition coefficient (Wildman–Crippen LogP) is 3.84. The Morgan fingerprint density at radius 3 is 3.28 bits per heavy atom. The lowest BCUT2D eigenvalue weighted by Gasteiger charge is -2.26. The standard InChI is InChI=1S/C14H18N2S2/c1-10(16-12-3-2-5-17-9-12)11-7-14-13(15-8-11)4-6-18-14/h4,6-8,10,12,16H,2-3,5,9H2,1H3. The van der Waals surface area contributed by atoms with Crippen molar-refractivity contribution in [1.82, 2.24) is 10.3 Å². The summed E-state index contributed by atoms with van der Waals surface area (Å²) in [6.07, 6.45) is 4.67. The molecule has 2 nitrogen and oxygen atoms in total. The number of hydrogen-bond acceptors (Lipinski definition) is 4. The lowest BCUT2D eigenvalue weighted by Crippen LogP contribution is -2.35. The van der Waals surface area contributed by atoms with Crippen LogP contribution in [0.15, 0.2) is 23.7 Å². The van der Waals surface area contributed by atoms with E-state index < -0.39 is 0 Å². The van der Waals surface area contributed by atoms with Gasteiger partial charge < -0.3 is 5.32 Å². The number of nitrogens with zero attached hydrogens (tertiary/aromatic N) is 1. The third-order valence-electron chi connectivity index (χ3n) is 3.47. The third-order valence-corrected chi connectivity index (χ3v) is 5.54. The Kier molecular flexibility index (Phi) is 3.87. The van der Waals surface area contributed by atoms with E-state index in [1.807, 2.05) is 6.20 Å². The number of fused-ring (bicyclic) bond motifs is 1. The highest BCUT2D eigenvalue weighted by Gasteiger charge is 2.17. The van der Waals surface area contributed by atoms with Gasteiger partial charge in [-0.25, -0.2) is 0 Å². The Morgan fingerprint density at radius 1 is 1.50 bits per heavy atom. The summed E-state index contributed by atoms with van der Waals surface area (Å²) in [4.78, 5) is 4.52. The van der Waals surface area contributed by atoms with Crippen molar-refractivity contribution in [2.75, 3.05) is 11.5 Å². The average molecular weight is 278 g/mol. The Bertz CT molecular complexity index is 517. The van der Waals surface area contributed by atoms with E-state index in [1.54, 1.807) is 11.3 Å². The maximum atomic E-state index is 4.52. The fourth-order valence-corrected chi connectivity index (χ4v) is 4.29. The van der Waals surface area contributed by atoms with Crippen LogP contribution in [0.25, 0.3) is 10.2 Å². The average Bonchev–Trinajstić information content (AvgIpc) is 2.87. The zero-order valence-electron chi connectivity index (χ0n) is 10.6. The van der Waals surface area contributed by atoms with Crippen LogP contribution in [-0.4, -0.2) is 22.5 Å². The van der Waals surface area contributed by atoms with Gasteiger partial charge in [0.1, 0.15) is 0 Å². The molecular formula is C14H18N2S2. The first kappa shape index (κ1) is 12.5. The molecule has 0 bridgehead atoms. The molecule has 0 spiro atoms. The molecule has 3 rings (SSSR count). The molecule has 2 unspecified atom stereocenters. The summed E-state index contributed by atoms with van der Waals surface area (Å²) < 4.78 is 1.29. The Balaban J connectivity index is 1.72. The lowest BCUT2D eigenvalue weighted by molar-refractivity contribution is 0.452. The van der Waals surface area contributed by atoms with Crippen molar-refractivity contribution in [3.05, 3.63) is 29.3 Å². The first-order valence-corrected chi connectivity index (χ1v) is 8.53. The SMILES string of the molecule is CC(NC1CCCSC1)c1cnc2ccsc2c1. The summed E-state index contributed by atoms with van der Waals surface area (Å²) >= 11 is 3.84. The molecule has 3 heterocycles. The van der Waals surface area contributed by atoms with Crippen molar-refractivity contribution in [2.24, 2.45) is 0 Å². The zero-order chi connectivity index (χ0) is 12.4. The topological polar surface area (TPSA) is 24.9 Å². The number of thiophene rings is 1. The molecule has 1 N–H and O–H groups in total. The van der Waals surface area contributed by atoms with Crippen molar-refractivity contribution in [3.63, 3.8) is 0 Å². The molecule has 1 saturated heterocycles. The fraction of sp³-hybridized carbons (Fsp3) is 0.500. The van der Waals surface area contributed by atoms with Crippen LogP contribution in [0.5, 0.6) is 0 Å². The molecule has 0 amide bonds. The van der Waals surface area contributed by atoms with E-state index >= 15 is 0 Å². The van der Waals surface area contributed by atoms with E-state index in [2.05, 4.69) is 46.5 Å². The largest absolute Gasteiger partial charge is 0.307 e. The van der Waals surface area contributed by atoms with Gasteiger partial charge in [-0.15, -0.1) is 11.3 Å². The van der Waals surface area contributed by atoms with Crippen LogP contribution in [0, 0.1) is 0 Å². The number of pyridine rings is 1. The smallest absolute Gasteiger partial charge is 0.0809 e. The highest BCUT2D eigenvalue weighted by atomic mass is 32.2. The van der Waals surface area contributed by atoms with Gasteiger partial charge in [-0.1, -0.05) is 0 Å². The number of hydrogen-bond donors (Lipinski definition) is 1. The molecule has 2 atom stereocenters. The van der Waals surface area contributed by atoms with Gasteiger partial charge in [-0.3, -0.25) is 4.98 Å². The molecule has 96 valence electrons. The van der Waals surface area contributed by atoms with Crippen molar-refractivity contribution < 1.29 is 0 Å². The number of thioether (sulfide) groups is 1. The van der Waals surface area contributed by atoms with Crippen molar-refractivity contribution >= 4 is 33.3 Å². The van der Waals surface area contributed by atoms with Gasteiger partial charge in [0.15, 0.2) is 0 Å². The normalized spacial score (nSPS) is 22.2. The minimum atomic E-state index is 0.396. The van der Waals surface area contributed by atoms with E-state index in [9.17, 15) is 0 Å². The van der Waals surface area contributed by atoms with Crippen LogP contribution in [-0.2, 0) is 0 Å². The quantitative estimate of drug-likeness (QED) is 0.923. The Labute approximate surface area is 116 Å². The van der Waals surface area contributed by atoms with E-state index in [0.717, 1.165) is 5.52 Å². The monoisotopic (exact) mass is 278 g/mol. The summed E-state index contributed by atoms with van der Waals surface area (Å²) in [5.41, 5.74) is 2.42. The molecule has 0 radical (unpaired) electrons. The molecule has 0 aliphatic carbocycles. The zero-order valence-corrected chi connectivity index (χ0v) is 12.2. The molecule has 2 aromatic heterocycles. The van der Waals surface area contributed by atoms with Gasteiger partial charge in [-0.2, -0.15) is 11.8 Å². The van der Waals surface area contributed by atoms with Crippen LogP contribution in [0.1, 0.15) is 31.4 Å². The first-order valence-electron chi connectivity index (χ1n) is 6.50. The van der Waals surface area contributed by atoms with Gasteiger partial charge >= 0.3 is 0 Å². The fourth-order valence-electron chi connectivity index (χ4n) is 2.42. The van der Waals surface area contributed by atoms with Crippen LogP contribution in [0.4, 0.5) is 0 Å². The molecule has 1 aliphatic rings.